The van der Waals surface area contributed by atoms with Gasteiger partial charge in [0.1, 0.15) is 5.75 Å². The molecule has 0 spiro atoms. The van der Waals surface area contributed by atoms with Gasteiger partial charge in [0.05, 0.1) is 12.1 Å². The summed E-state index contributed by atoms with van der Waals surface area (Å²) in [7, 11) is 0. The molecule has 2 aliphatic rings. The molecule has 1 saturated carbocycles. The zero-order chi connectivity index (χ0) is 17.1. The standard InChI is InChI=1S/C20H23N3O2/c24-20(15-6-8-18(9-7-15)25-17-4-1-5-17)23-12-11-22-14-19(23)16-3-2-10-21-13-16/h2-3,6-10,13,17,19,22H,1,4-5,11-12,14H2. The number of pyridine rings is 1. The van der Waals surface area contributed by atoms with E-state index in [-0.39, 0.29) is 11.9 Å². The number of nitrogens with zero attached hydrogens (tertiary/aromatic N) is 2. The highest BCUT2D eigenvalue weighted by atomic mass is 16.5. The van der Waals surface area contributed by atoms with Crippen molar-refractivity contribution in [1.29, 1.82) is 0 Å². The molecule has 5 heteroatoms. The van der Waals surface area contributed by atoms with Crippen LogP contribution in [-0.2, 0) is 0 Å². The van der Waals surface area contributed by atoms with Crippen molar-refractivity contribution >= 4 is 5.91 Å². The van der Waals surface area contributed by atoms with E-state index in [9.17, 15) is 4.79 Å². The molecule has 2 aromatic rings. The second-order valence-electron chi connectivity index (χ2n) is 6.70. The molecule has 130 valence electrons. The molecule has 0 radical (unpaired) electrons. The fourth-order valence-corrected chi connectivity index (χ4v) is 3.34. The van der Waals surface area contributed by atoms with E-state index in [1.165, 1.54) is 6.42 Å². The van der Waals surface area contributed by atoms with E-state index in [0.29, 0.717) is 18.2 Å². The molecule has 1 amide bonds. The zero-order valence-corrected chi connectivity index (χ0v) is 14.2. The summed E-state index contributed by atoms with van der Waals surface area (Å²) in [4.78, 5) is 19.2. The van der Waals surface area contributed by atoms with Gasteiger partial charge in [0.25, 0.3) is 5.91 Å². The Hall–Kier alpha value is -2.40. The lowest BCUT2D eigenvalue weighted by Gasteiger charge is -2.36. The molecular weight excluding hydrogens is 314 g/mol. The summed E-state index contributed by atoms with van der Waals surface area (Å²) < 4.78 is 5.88. The number of amides is 1. The Balaban J connectivity index is 1.49. The predicted molar refractivity (Wildman–Crippen MR) is 95.6 cm³/mol. The fourth-order valence-electron chi connectivity index (χ4n) is 3.34. The van der Waals surface area contributed by atoms with Gasteiger partial charge in [0.2, 0.25) is 0 Å². The number of rotatable bonds is 4. The van der Waals surface area contributed by atoms with Crippen LogP contribution in [0.4, 0.5) is 0 Å². The number of aromatic nitrogens is 1. The third-order valence-electron chi connectivity index (χ3n) is 5.03. The Morgan fingerprint density at radius 3 is 2.72 bits per heavy atom. The van der Waals surface area contributed by atoms with Crippen LogP contribution in [0.3, 0.4) is 0 Å². The number of benzene rings is 1. The van der Waals surface area contributed by atoms with E-state index >= 15 is 0 Å². The first-order chi connectivity index (χ1) is 12.3. The van der Waals surface area contributed by atoms with E-state index < -0.39 is 0 Å². The summed E-state index contributed by atoms with van der Waals surface area (Å²) in [5.74, 6) is 0.913. The first-order valence-corrected chi connectivity index (χ1v) is 8.99. The number of hydrogen-bond acceptors (Lipinski definition) is 4. The Labute approximate surface area is 148 Å². The molecule has 4 rings (SSSR count). The van der Waals surface area contributed by atoms with Crippen LogP contribution in [0, 0.1) is 0 Å². The minimum Gasteiger partial charge on any atom is -0.490 e. The number of nitrogens with one attached hydrogen (secondary N) is 1. The van der Waals surface area contributed by atoms with Crippen LogP contribution in [0.5, 0.6) is 5.75 Å². The van der Waals surface area contributed by atoms with Gasteiger partial charge < -0.3 is 15.0 Å². The molecule has 2 heterocycles. The van der Waals surface area contributed by atoms with Crippen molar-refractivity contribution in [2.45, 2.75) is 31.4 Å². The van der Waals surface area contributed by atoms with Gasteiger partial charge in [-0.2, -0.15) is 0 Å². The van der Waals surface area contributed by atoms with Gasteiger partial charge in [-0.05, 0) is 55.2 Å². The minimum atomic E-state index is 0.0147. The second-order valence-corrected chi connectivity index (χ2v) is 6.70. The van der Waals surface area contributed by atoms with Gasteiger partial charge in [-0.15, -0.1) is 0 Å². The largest absolute Gasteiger partial charge is 0.490 e. The summed E-state index contributed by atoms with van der Waals surface area (Å²) in [6, 6.07) is 11.5. The molecule has 1 aliphatic heterocycles. The highest BCUT2D eigenvalue weighted by molar-refractivity contribution is 5.94. The lowest BCUT2D eigenvalue weighted by Crippen LogP contribution is -2.48. The third-order valence-corrected chi connectivity index (χ3v) is 5.03. The van der Waals surface area contributed by atoms with Crippen molar-refractivity contribution in [2.75, 3.05) is 19.6 Å². The van der Waals surface area contributed by atoms with E-state index in [1.54, 1.807) is 6.20 Å². The van der Waals surface area contributed by atoms with E-state index in [2.05, 4.69) is 10.3 Å². The van der Waals surface area contributed by atoms with Crippen molar-refractivity contribution < 1.29 is 9.53 Å². The molecule has 1 saturated heterocycles. The SMILES string of the molecule is O=C(c1ccc(OC2CCC2)cc1)N1CCNCC1c1cccnc1. The highest BCUT2D eigenvalue weighted by Gasteiger charge is 2.28. The molecule has 25 heavy (non-hydrogen) atoms. The smallest absolute Gasteiger partial charge is 0.254 e. The number of carbonyl (C=O) groups excluding carboxylic acids is 1. The van der Waals surface area contributed by atoms with Crippen molar-refractivity contribution in [1.82, 2.24) is 15.2 Å². The van der Waals surface area contributed by atoms with E-state index in [1.807, 2.05) is 47.5 Å². The molecule has 0 bridgehead atoms. The molecule has 2 fully saturated rings. The van der Waals surface area contributed by atoms with Gasteiger partial charge in [-0.1, -0.05) is 6.07 Å². The van der Waals surface area contributed by atoms with Crippen molar-refractivity contribution in [3.8, 4) is 5.75 Å². The van der Waals surface area contributed by atoms with Crippen molar-refractivity contribution in [3.63, 3.8) is 0 Å². The van der Waals surface area contributed by atoms with E-state index in [4.69, 9.17) is 4.74 Å². The third kappa shape index (κ3) is 3.51. The van der Waals surface area contributed by atoms with Crippen LogP contribution in [0.25, 0.3) is 0 Å². The maximum absolute atomic E-state index is 13.0. The minimum absolute atomic E-state index is 0.0147. The van der Waals surface area contributed by atoms with Crippen LogP contribution in [-0.4, -0.2) is 41.5 Å². The van der Waals surface area contributed by atoms with Crippen LogP contribution >= 0.6 is 0 Å². The normalized spacial score (nSPS) is 20.8. The Bertz CT molecular complexity index is 713. The van der Waals surface area contributed by atoms with Crippen LogP contribution in [0.15, 0.2) is 48.8 Å². The predicted octanol–water partition coefficient (Wildman–Crippen LogP) is 2.80. The summed E-state index contributed by atoms with van der Waals surface area (Å²) >= 11 is 0. The maximum atomic E-state index is 13.0. The number of hydrogen-bond donors (Lipinski definition) is 1. The Morgan fingerprint density at radius 2 is 2.04 bits per heavy atom. The second kappa shape index (κ2) is 7.23. The Kier molecular flexibility index (Phi) is 4.65. The zero-order valence-electron chi connectivity index (χ0n) is 14.2. The average Bonchev–Trinajstić information content (AvgIpc) is 2.65. The number of ether oxygens (including phenoxy) is 1. The first kappa shape index (κ1) is 16.1. The Morgan fingerprint density at radius 1 is 1.20 bits per heavy atom. The van der Waals surface area contributed by atoms with Gasteiger partial charge in [-0.3, -0.25) is 9.78 Å². The van der Waals surface area contributed by atoms with Gasteiger partial charge in [-0.25, -0.2) is 0 Å². The van der Waals surface area contributed by atoms with E-state index in [0.717, 1.165) is 37.2 Å². The molecule has 1 aliphatic carbocycles. The summed E-state index contributed by atoms with van der Waals surface area (Å²) in [5.41, 5.74) is 1.77. The maximum Gasteiger partial charge on any atom is 0.254 e. The number of piperazine rings is 1. The van der Waals surface area contributed by atoms with Crippen molar-refractivity contribution in [3.05, 3.63) is 59.9 Å². The van der Waals surface area contributed by atoms with Gasteiger partial charge in [0, 0.05) is 37.6 Å². The lowest BCUT2D eigenvalue weighted by molar-refractivity contribution is 0.0634. The van der Waals surface area contributed by atoms with Crippen molar-refractivity contribution in [2.24, 2.45) is 0 Å². The first-order valence-electron chi connectivity index (χ1n) is 8.99. The molecule has 1 N–H and O–H groups in total. The molecule has 5 nitrogen and oxygen atoms in total. The quantitative estimate of drug-likeness (QED) is 0.932. The van der Waals surface area contributed by atoms with Gasteiger partial charge >= 0.3 is 0 Å². The van der Waals surface area contributed by atoms with Gasteiger partial charge in [0.15, 0.2) is 0 Å². The molecule has 1 aromatic heterocycles. The molecular formula is C20H23N3O2. The molecule has 1 aromatic carbocycles. The average molecular weight is 337 g/mol. The molecule has 1 atom stereocenters. The molecule has 1 unspecified atom stereocenters. The van der Waals surface area contributed by atoms with Crippen LogP contribution in [0.1, 0.15) is 41.2 Å². The topological polar surface area (TPSA) is 54.5 Å². The lowest BCUT2D eigenvalue weighted by atomic mass is 9.96. The number of carbonyl (C=O) groups is 1. The fraction of sp³-hybridized carbons (Fsp3) is 0.400. The summed E-state index contributed by atoms with van der Waals surface area (Å²) in [5, 5.41) is 3.37. The summed E-state index contributed by atoms with van der Waals surface area (Å²) in [6.45, 7) is 2.25. The summed E-state index contributed by atoms with van der Waals surface area (Å²) in [6.07, 6.45) is 7.47. The van der Waals surface area contributed by atoms with Crippen LogP contribution in [0.2, 0.25) is 0 Å². The van der Waals surface area contributed by atoms with Crippen LogP contribution < -0.4 is 10.1 Å². The highest BCUT2D eigenvalue weighted by Crippen LogP contribution is 2.27. The monoisotopic (exact) mass is 337 g/mol.